The van der Waals surface area contributed by atoms with Crippen LogP contribution in [0.1, 0.15) is 19.3 Å². The van der Waals surface area contributed by atoms with E-state index in [0.717, 1.165) is 45.0 Å². The van der Waals surface area contributed by atoms with Gasteiger partial charge in [-0.3, -0.25) is 4.79 Å². The number of hydrogen-bond acceptors (Lipinski definition) is 5. The molecule has 110 valence electrons. The molecule has 2 aliphatic rings. The van der Waals surface area contributed by atoms with Gasteiger partial charge < -0.3 is 15.0 Å². The van der Waals surface area contributed by atoms with Crippen LogP contribution in [-0.4, -0.2) is 48.7 Å². The fraction of sp³-hybridized carbons (Fsp3) is 0.714. The summed E-state index contributed by atoms with van der Waals surface area (Å²) in [5.41, 5.74) is 0.896. The van der Waals surface area contributed by atoms with Gasteiger partial charge in [0, 0.05) is 25.2 Å². The van der Waals surface area contributed by atoms with Crippen LogP contribution in [0.2, 0.25) is 0 Å². The Morgan fingerprint density at radius 3 is 2.90 bits per heavy atom. The topological polar surface area (TPSA) is 59.4 Å². The minimum absolute atomic E-state index is 0.0126. The normalized spacial score (nSPS) is 23.8. The first-order valence-electron chi connectivity index (χ1n) is 7.46. The van der Waals surface area contributed by atoms with Crippen molar-refractivity contribution in [3.8, 4) is 0 Å². The van der Waals surface area contributed by atoms with E-state index in [1.165, 1.54) is 12.8 Å². The van der Waals surface area contributed by atoms with Gasteiger partial charge in [0.05, 0.1) is 31.6 Å². The fourth-order valence-corrected chi connectivity index (χ4v) is 2.84. The highest BCUT2D eigenvalue weighted by Crippen LogP contribution is 2.12. The molecule has 1 atom stereocenters. The first kappa shape index (κ1) is 13.6. The predicted molar refractivity (Wildman–Crippen MR) is 77.2 cm³/mol. The van der Waals surface area contributed by atoms with Crippen molar-refractivity contribution >= 4 is 5.69 Å². The Kier molecular flexibility index (Phi) is 4.32. The zero-order chi connectivity index (χ0) is 13.8. The van der Waals surface area contributed by atoms with E-state index in [9.17, 15) is 4.79 Å². The highest BCUT2D eigenvalue weighted by molar-refractivity contribution is 5.43. The molecule has 1 unspecified atom stereocenters. The van der Waals surface area contributed by atoms with Crippen LogP contribution >= 0.6 is 0 Å². The molecule has 2 aliphatic heterocycles. The van der Waals surface area contributed by atoms with Crippen LogP contribution < -0.4 is 15.8 Å². The lowest BCUT2D eigenvalue weighted by molar-refractivity contribution is 0.122. The summed E-state index contributed by atoms with van der Waals surface area (Å²) < 4.78 is 6.90. The van der Waals surface area contributed by atoms with E-state index in [4.69, 9.17) is 4.74 Å². The summed E-state index contributed by atoms with van der Waals surface area (Å²) in [4.78, 5) is 14.3. The average Bonchev–Trinajstić information content (AvgIpc) is 2.51. The Hall–Kier alpha value is -1.40. The van der Waals surface area contributed by atoms with E-state index in [-0.39, 0.29) is 5.56 Å². The standard InChI is InChI=1S/C14H22N4O2/c19-14-9-13(17-5-7-20-8-6-17)10-16-18(14)11-12-3-1-2-4-15-12/h9-10,12,15H,1-8,11H2. The molecule has 1 aromatic rings. The first-order chi connectivity index (χ1) is 9.83. The summed E-state index contributed by atoms with van der Waals surface area (Å²) in [5, 5.41) is 7.78. The molecule has 1 N–H and O–H groups in total. The predicted octanol–water partition coefficient (Wildman–Crippen LogP) is 0.222. The lowest BCUT2D eigenvalue weighted by Gasteiger charge is -2.28. The van der Waals surface area contributed by atoms with Crippen LogP contribution in [0.25, 0.3) is 0 Å². The number of morpholine rings is 1. The van der Waals surface area contributed by atoms with Gasteiger partial charge in [-0.1, -0.05) is 6.42 Å². The number of nitrogens with one attached hydrogen (secondary N) is 1. The molecule has 20 heavy (non-hydrogen) atoms. The number of rotatable bonds is 3. The molecule has 2 saturated heterocycles. The fourth-order valence-electron chi connectivity index (χ4n) is 2.84. The van der Waals surface area contributed by atoms with Gasteiger partial charge in [0.2, 0.25) is 0 Å². The lowest BCUT2D eigenvalue weighted by atomic mass is 10.1. The van der Waals surface area contributed by atoms with Crippen LogP contribution in [-0.2, 0) is 11.3 Å². The third kappa shape index (κ3) is 3.19. The second kappa shape index (κ2) is 6.37. The molecule has 6 heteroatoms. The van der Waals surface area contributed by atoms with E-state index in [1.54, 1.807) is 16.9 Å². The van der Waals surface area contributed by atoms with Gasteiger partial charge in [-0.25, -0.2) is 4.68 Å². The van der Waals surface area contributed by atoms with Gasteiger partial charge in [0.1, 0.15) is 0 Å². The van der Waals surface area contributed by atoms with Crippen molar-refractivity contribution < 1.29 is 4.74 Å². The Bertz CT molecular complexity index is 490. The van der Waals surface area contributed by atoms with E-state index < -0.39 is 0 Å². The molecule has 0 spiro atoms. The minimum Gasteiger partial charge on any atom is -0.378 e. The molecule has 3 heterocycles. The Morgan fingerprint density at radius 2 is 2.20 bits per heavy atom. The van der Waals surface area contributed by atoms with Crippen molar-refractivity contribution in [3.63, 3.8) is 0 Å². The third-order valence-corrected chi connectivity index (χ3v) is 4.04. The van der Waals surface area contributed by atoms with Crippen LogP contribution in [0.15, 0.2) is 17.1 Å². The summed E-state index contributed by atoms with van der Waals surface area (Å²) in [5.74, 6) is 0. The largest absolute Gasteiger partial charge is 0.378 e. The molecule has 0 saturated carbocycles. The molecule has 3 rings (SSSR count). The van der Waals surface area contributed by atoms with Crippen molar-refractivity contribution in [1.82, 2.24) is 15.1 Å². The average molecular weight is 278 g/mol. The Morgan fingerprint density at radius 1 is 1.35 bits per heavy atom. The van der Waals surface area contributed by atoms with Gasteiger partial charge in [0.15, 0.2) is 0 Å². The zero-order valence-corrected chi connectivity index (χ0v) is 11.8. The van der Waals surface area contributed by atoms with Crippen molar-refractivity contribution in [2.45, 2.75) is 31.8 Å². The van der Waals surface area contributed by atoms with Crippen molar-refractivity contribution in [3.05, 3.63) is 22.6 Å². The van der Waals surface area contributed by atoms with Gasteiger partial charge in [-0.05, 0) is 19.4 Å². The molecule has 1 aromatic heterocycles. The number of nitrogens with zero attached hydrogens (tertiary/aromatic N) is 3. The van der Waals surface area contributed by atoms with Gasteiger partial charge in [0.25, 0.3) is 5.56 Å². The highest BCUT2D eigenvalue weighted by Gasteiger charge is 2.16. The quantitative estimate of drug-likeness (QED) is 0.857. The summed E-state index contributed by atoms with van der Waals surface area (Å²) in [6.45, 7) is 4.81. The van der Waals surface area contributed by atoms with Crippen molar-refractivity contribution in [1.29, 1.82) is 0 Å². The summed E-state index contributed by atoms with van der Waals surface area (Å²) in [6.07, 6.45) is 5.39. The molecule has 0 amide bonds. The molecule has 0 bridgehead atoms. The van der Waals surface area contributed by atoms with Crippen LogP contribution in [0.3, 0.4) is 0 Å². The molecular weight excluding hydrogens is 256 g/mol. The third-order valence-electron chi connectivity index (χ3n) is 4.04. The zero-order valence-electron chi connectivity index (χ0n) is 11.8. The van der Waals surface area contributed by atoms with E-state index in [0.29, 0.717) is 12.6 Å². The first-order valence-corrected chi connectivity index (χ1v) is 7.46. The van der Waals surface area contributed by atoms with Gasteiger partial charge in [-0.15, -0.1) is 0 Å². The van der Waals surface area contributed by atoms with Crippen LogP contribution in [0.4, 0.5) is 5.69 Å². The molecular formula is C14H22N4O2. The molecule has 0 aromatic carbocycles. The number of hydrogen-bond donors (Lipinski definition) is 1. The van der Waals surface area contributed by atoms with Gasteiger partial charge >= 0.3 is 0 Å². The SMILES string of the molecule is O=c1cc(N2CCOCC2)cnn1CC1CCCCN1. The molecule has 0 aliphatic carbocycles. The summed E-state index contributed by atoms with van der Waals surface area (Å²) in [7, 11) is 0. The second-order valence-electron chi connectivity index (χ2n) is 5.48. The number of piperidine rings is 1. The molecule has 2 fully saturated rings. The highest BCUT2D eigenvalue weighted by atomic mass is 16.5. The monoisotopic (exact) mass is 278 g/mol. The maximum atomic E-state index is 12.2. The van der Waals surface area contributed by atoms with E-state index >= 15 is 0 Å². The van der Waals surface area contributed by atoms with Gasteiger partial charge in [-0.2, -0.15) is 5.10 Å². The number of ether oxygens (including phenoxy) is 1. The van der Waals surface area contributed by atoms with Crippen molar-refractivity contribution in [2.75, 3.05) is 37.7 Å². The molecule has 0 radical (unpaired) electrons. The Balaban J connectivity index is 1.68. The Labute approximate surface area is 118 Å². The van der Waals surface area contributed by atoms with E-state index in [1.807, 2.05) is 0 Å². The number of anilines is 1. The number of aromatic nitrogens is 2. The lowest BCUT2D eigenvalue weighted by Crippen LogP contribution is -2.41. The van der Waals surface area contributed by atoms with Crippen LogP contribution in [0.5, 0.6) is 0 Å². The smallest absolute Gasteiger partial charge is 0.268 e. The summed E-state index contributed by atoms with van der Waals surface area (Å²) in [6, 6.07) is 2.07. The second-order valence-corrected chi connectivity index (χ2v) is 5.48. The van der Waals surface area contributed by atoms with Crippen molar-refractivity contribution in [2.24, 2.45) is 0 Å². The maximum Gasteiger partial charge on any atom is 0.268 e. The summed E-state index contributed by atoms with van der Waals surface area (Å²) >= 11 is 0. The minimum atomic E-state index is -0.0126. The molecule has 6 nitrogen and oxygen atoms in total. The maximum absolute atomic E-state index is 12.2. The van der Waals surface area contributed by atoms with Crippen LogP contribution in [0, 0.1) is 0 Å². The van der Waals surface area contributed by atoms with E-state index in [2.05, 4.69) is 15.3 Å².